The summed E-state index contributed by atoms with van der Waals surface area (Å²) in [6.07, 6.45) is 3.58. The van der Waals surface area contributed by atoms with Gasteiger partial charge in [-0.15, -0.1) is 0 Å². The number of piperidine rings is 1. The van der Waals surface area contributed by atoms with Crippen LogP contribution < -0.4 is 0 Å². The molecular formula is C13H27N3O. The summed E-state index contributed by atoms with van der Waals surface area (Å²) >= 11 is 0. The minimum atomic E-state index is 0.224. The highest BCUT2D eigenvalue weighted by Crippen LogP contribution is 2.13. The SMILES string of the molecule is CCN(C(=O)N1CCCCC1)C(C)CN(C)C. The van der Waals surface area contributed by atoms with Gasteiger partial charge in [0.1, 0.15) is 0 Å². The average molecular weight is 241 g/mol. The van der Waals surface area contributed by atoms with Gasteiger partial charge in [-0.2, -0.15) is 0 Å². The van der Waals surface area contributed by atoms with Crippen LogP contribution in [-0.2, 0) is 0 Å². The number of likely N-dealkylation sites (N-methyl/N-ethyl adjacent to an activating group) is 2. The van der Waals surface area contributed by atoms with Gasteiger partial charge in [-0.1, -0.05) is 0 Å². The van der Waals surface area contributed by atoms with Crippen molar-refractivity contribution in [3.8, 4) is 0 Å². The molecule has 1 heterocycles. The molecule has 100 valence electrons. The smallest absolute Gasteiger partial charge is 0.320 e. The zero-order valence-electron chi connectivity index (χ0n) is 11.8. The Morgan fingerprint density at radius 2 is 1.82 bits per heavy atom. The van der Waals surface area contributed by atoms with Crippen molar-refractivity contribution in [2.24, 2.45) is 0 Å². The number of hydrogen-bond donors (Lipinski definition) is 0. The third-order valence-electron chi connectivity index (χ3n) is 3.37. The van der Waals surface area contributed by atoms with Gasteiger partial charge in [0, 0.05) is 32.2 Å². The molecule has 1 aliphatic rings. The Labute approximate surface area is 106 Å². The standard InChI is InChI=1S/C13H27N3O/c1-5-16(12(2)11-14(3)4)13(17)15-9-7-6-8-10-15/h12H,5-11H2,1-4H3. The Kier molecular flexibility index (Phi) is 5.75. The summed E-state index contributed by atoms with van der Waals surface area (Å²) in [5, 5.41) is 0. The summed E-state index contributed by atoms with van der Waals surface area (Å²) < 4.78 is 0. The van der Waals surface area contributed by atoms with Crippen molar-refractivity contribution in [3.05, 3.63) is 0 Å². The van der Waals surface area contributed by atoms with Crippen molar-refractivity contribution >= 4 is 6.03 Å². The maximum absolute atomic E-state index is 12.4. The molecule has 17 heavy (non-hydrogen) atoms. The van der Waals surface area contributed by atoms with Crippen molar-refractivity contribution in [1.82, 2.24) is 14.7 Å². The lowest BCUT2D eigenvalue weighted by atomic mass is 10.1. The van der Waals surface area contributed by atoms with E-state index in [1.807, 2.05) is 9.80 Å². The van der Waals surface area contributed by atoms with Gasteiger partial charge in [-0.25, -0.2) is 4.79 Å². The molecule has 2 amide bonds. The molecule has 1 unspecified atom stereocenters. The number of hydrogen-bond acceptors (Lipinski definition) is 2. The second-order valence-electron chi connectivity index (χ2n) is 5.23. The minimum Gasteiger partial charge on any atom is -0.325 e. The molecule has 1 rings (SSSR count). The lowest BCUT2D eigenvalue weighted by Crippen LogP contribution is -2.51. The van der Waals surface area contributed by atoms with Crippen molar-refractivity contribution in [2.75, 3.05) is 40.3 Å². The molecule has 0 N–H and O–H groups in total. The Balaban J connectivity index is 2.55. The van der Waals surface area contributed by atoms with Gasteiger partial charge < -0.3 is 14.7 Å². The monoisotopic (exact) mass is 241 g/mol. The molecule has 1 fully saturated rings. The van der Waals surface area contributed by atoms with E-state index in [-0.39, 0.29) is 12.1 Å². The molecule has 0 aromatic carbocycles. The first kappa shape index (κ1) is 14.3. The number of likely N-dealkylation sites (tertiary alicyclic amines) is 1. The van der Waals surface area contributed by atoms with Crippen molar-refractivity contribution in [1.29, 1.82) is 0 Å². The van der Waals surface area contributed by atoms with Crippen LogP contribution in [0.15, 0.2) is 0 Å². The van der Waals surface area contributed by atoms with Gasteiger partial charge in [0.2, 0.25) is 0 Å². The highest BCUT2D eigenvalue weighted by Gasteiger charge is 2.25. The number of rotatable bonds is 4. The number of carbonyl (C=O) groups excluding carboxylic acids is 1. The number of carbonyl (C=O) groups is 1. The number of urea groups is 1. The molecule has 1 saturated heterocycles. The van der Waals surface area contributed by atoms with Crippen molar-refractivity contribution < 1.29 is 4.79 Å². The summed E-state index contributed by atoms with van der Waals surface area (Å²) in [6, 6.07) is 0.506. The van der Waals surface area contributed by atoms with E-state index < -0.39 is 0 Å². The van der Waals surface area contributed by atoms with E-state index in [2.05, 4.69) is 32.8 Å². The highest BCUT2D eigenvalue weighted by molar-refractivity contribution is 5.74. The van der Waals surface area contributed by atoms with Gasteiger partial charge in [-0.05, 0) is 47.2 Å². The minimum absolute atomic E-state index is 0.224. The van der Waals surface area contributed by atoms with Gasteiger partial charge in [0.15, 0.2) is 0 Å². The molecule has 0 aromatic heterocycles. The average Bonchev–Trinajstić information content (AvgIpc) is 2.30. The molecule has 0 bridgehead atoms. The maximum Gasteiger partial charge on any atom is 0.320 e. The second-order valence-corrected chi connectivity index (χ2v) is 5.23. The van der Waals surface area contributed by atoms with Crippen LogP contribution in [0.1, 0.15) is 33.1 Å². The molecule has 0 saturated carbocycles. The summed E-state index contributed by atoms with van der Waals surface area (Å²) in [4.78, 5) is 18.5. The quantitative estimate of drug-likeness (QED) is 0.751. The largest absolute Gasteiger partial charge is 0.325 e. The number of amides is 2. The molecular weight excluding hydrogens is 214 g/mol. The van der Waals surface area contributed by atoms with Gasteiger partial charge in [0.05, 0.1) is 0 Å². The predicted octanol–water partition coefficient (Wildman–Crippen LogP) is 1.86. The Bertz CT molecular complexity index is 237. The van der Waals surface area contributed by atoms with Crippen LogP contribution in [0.4, 0.5) is 4.79 Å². The number of nitrogens with zero attached hydrogens (tertiary/aromatic N) is 3. The summed E-state index contributed by atoms with van der Waals surface area (Å²) in [5.41, 5.74) is 0. The summed E-state index contributed by atoms with van der Waals surface area (Å²) in [6.45, 7) is 7.78. The Morgan fingerprint density at radius 1 is 1.24 bits per heavy atom. The van der Waals surface area contributed by atoms with E-state index in [0.717, 1.165) is 39.0 Å². The predicted molar refractivity (Wildman–Crippen MR) is 71.2 cm³/mol. The molecule has 0 aromatic rings. The van der Waals surface area contributed by atoms with Crippen LogP contribution in [0.5, 0.6) is 0 Å². The zero-order valence-corrected chi connectivity index (χ0v) is 11.8. The Hall–Kier alpha value is -0.770. The normalized spacial score (nSPS) is 18.3. The van der Waals surface area contributed by atoms with E-state index in [9.17, 15) is 4.79 Å². The van der Waals surface area contributed by atoms with Crippen LogP contribution in [0, 0.1) is 0 Å². The van der Waals surface area contributed by atoms with E-state index in [4.69, 9.17) is 0 Å². The van der Waals surface area contributed by atoms with E-state index >= 15 is 0 Å². The Morgan fingerprint density at radius 3 is 2.29 bits per heavy atom. The van der Waals surface area contributed by atoms with Crippen LogP contribution >= 0.6 is 0 Å². The molecule has 4 nitrogen and oxygen atoms in total. The first-order valence-corrected chi connectivity index (χ1v) is 6.76. The maximum atomic E-state index is 12.4. The first-order chi connectivity index (χ1) is 8.06. The van der Waals surface area contributed by atoms with Crippen molar-refractivity contribution in [2.45, 2.75) is 39.2 Å². The van der Waals surface area contributed by atoms with Crippen LogP contribution in [0.2, 0.25) is 0 Å². The summed E-state index contributed by atoms with van der Waals surface area (Å²) in [7, 11) is 4.10. The molecule has 0 radical (unpaired) electrons. The lowest BCUT2D eigenvalue weighted by Gasteiger charge is -2.36. The van der Waals surface area contributed by atoms with Gasteiger partial charge in [-0.3, -0.25) is 0 Å². The van der Waals surface area contributed by atoms with Crippen LogP contribution in [-0.4, -0.2) is 67.0 Å². The van der Waals surface area contributed by atoms with Gasteiger partial charge in [0.25, 0.3) is 0 Å². The lowest BCUT2D eigenvalue weighted by molar-refractivity contribution is 0.123. The second kappa shape index (κ2) is 6.84. The summed E-state index contributed by atoms with van der Waals surface area (Å²) in [5.74, 6) is 0. The third-order valence-corrected chi connectivity index (χ3v) is 3.37. The zero-order chi connectivity index (χ0) is 12.8. The van der Waals surface area contributed by atoms with E-state index in [1.165, 1.54) is 6.42 Å². The third kappa shape index (κ3) is 4.19. The van der Waals surface area contributed by atoms with Crippen LogP contribution in [0.3, 0.4) is 0 Å². The van der Waals surface area contributed by atoms with E-state index in [1.54, 1.807) is 0 Å². The fourth-order valence-electron chi connectivity index (χ4n) is 2.53. The fourth-order valence-corrected chi connectivity index (χ4v) is 2.53. The molecule has 0 spiro atoms. The first-order valence-electron chi connectivity index (χ1n) is 6.76. The highest BCUT2D eigenvalue weighted by atomic mass is 16.2. The van der Waals surface area contributed by atoms with Crippen LogP contribution in [0.25, 0.3) is 0 Å². The molecule has 1 aliphatic heterocycles. The topological polar surface area (TPSA) is 26.8 Å². The van der Waals surface area contributed by atoms with Gasteiger partial charge >= 0.3 is 6.03 Å². The molecule has 1 atom stereocenters. The molecule has 4 heteroatoms. The fraction of sp³-hybridized carbons (Fsp3) is 0.923. The van der Waals surface area contributed by atoms with Crippen molar-refractivity contribution in [3.63, 3.8) is 0 Å². The van der Waals surface area contributed by atoms with E-state index in [0.29, 0.717) is 0 Å². The molecule has 0 aliphatic carbocycles.